The summed E-state index contributed by atoms with van der Waals surface area (Å²) in [5.41, 5.74) is -0.434. The molecule has 0 atom stereocenters. The molecule has 0 aliphatic heterocycles. The van der Waals surface area contributed by atoms with Crippen molar-refractivity contribution in [1.29, 1.82) is 0 Å². The molecule has 0 amide bonds. The maximum atomic E-state index is 11.0. The van der Waals surface area contributed by atoms with E-state index in [2.05, 4.69) is 9.72 Å². The highest BCUT2D eigenvalue weighted by atomic mass is 16.7. The first-order chi connectivity index (χ1) is 6.74. The SMILES string of the molecule is CCOC(=O)COn1ccncc1=O. The molecular weight excluding hydrogens is 188 g/mol. The van der Waals surface area contributed by atoms with Crippen LogP contribution in [0, 0.1) is 0 Å². The Morgan fingerprint density at radius 2 is 2.43 bits per heavy atom. The van der Waals surface area contributed by atoms with Gasteiger partial charge in [-0.2, -0.15) is 0 Å². The van der Waals surface area contributed by atoms with E-state index in [-0.39, 0.29) is 13.2 Å². The zero-order chi connectivity index (χ0) is 10.4. The Labute approximate surface area is 80.0 Å². The summed E-state index contributed by atoms with van der Waals surface area (Å²) in [7, 11) is 0. The normalized spacial score (nSPS) is 9.50. The van der Waals surface area contributed by atoms with Gasteiger partial charge in [0.25, 0.3) is 0 Å². The van der Waals surface area contributed by atoms with Crippen LogP contribution >= 0.6 is 0 Å². The topological polar surface area (TPSA) is 70.4 Å². The zero-order valence-electron chi connectivity index (χ0n) is 7.67. The second-order valence-electron chi connectivity index (χ2n) is 2.32. The summed E-state index contributed by atoms with van der Waals surface area (Å²) in [6.45, 7) is 1.68. The van der Waals surface area contributed by atoms with Gasteiger partial charge in [0.1, 0.15) is 0 Å². The first-order valence-corrected chi connectivity index (χ1v) is 4.05. The van der Waals surface area contributed by atoms with Crippen molar-refractivity contribution in [3.8, 4) is 0 Å². The molecule has 1 aromatic rings. The van der Waals surface area contributed by atoms with Crippen molar-refractivity contribution in [3.05, 3.63) is 28.9 Å². The Morgan fingerprint density at radius 3 is 3.07 bits per heavy atom. The van der Waals surface area contributed by atoms with Crippen molar-refractivity contribution in [2.45, 2.75) is 6.92 Å². The Balaban J connectivity index is 2.50. The summed E-state index contributed by atoms with van der Waals surface area (Å²) in [4.78, 5) is 30.3. The van der Waals surface area contributed by atoms with Gasteiger partial charge in [0.2, 0.25) is 6.61 Å². The lowest BCUT2D eigenvalue weighted by Gasteiger charge is -2.05. The predicted octanol–water partition coefficient (Wildman–Crippen LogP) is -0.765. The molecule has 0 aliphatic rings. The summed E-state index contributed by atoms with van der Waals surface area (Å²) < 4.78 is 5.53. The summed E-state index contributed by atoms with van der Waals surface area (Å²) in [5, 5.41) is 0. The van der Waals surface area contributed by atoms with Crippen molar-refractivity contribution in [2.75, 3.05) is 13.2 Å². The second-order valence-corrected chi connectivity index (χ2v) is 2.32. The van der Waals surface area contributed by atoms with Crippen molar-refractivity contribution in [2.24, 2.45) is 0 Å². The Morgan fingerprint density at radius 1 is 1.64 bits per heavy atom. The molecule has 76 valence electrons. The van der Waals surface area contributed by atoms with E-state index in [9.17, 15) is 9.59 Å². The lowest BCUT2D eigenvalue weighted by Crippen LogP contribution is -2.30. The summed E-state index contributed by atoms with van der Waals surface area (Å²) >= 11 is 0. The van der Waals surface area contributed by atoms with Gasteiger partial charge in [0.05, 0.1) is 19.0 Å². The molecule has 0 aliphatic carbocycles. The molecule has 1 aromatic heterocycles. The van der Waals surface area contributed by atoms with E-state index >= 15 is 0 Å². The van der Waals surface area contributed by atoms with Gasteiger partial charge in [-0.25, -0.2) is 4.79 Å². The average Bonchev–Trinajstić information content (AvgIpc) is 2.17. The summed E-state index contributed by atoms with van der Waals surface area (Å²) in [6.07, 6.45) is 3.79. The summed E-state index contributed by atoms with van der Waals surface area (Å²) in [5.74, 6) is -0.517. The first-order valence-electron chi connectivity index (χ1n) is 4.05. The molecule has 1 rings (SSSR count). The first kappa shape index (κ1) is 10.2. The molecule has 1 heterocycles. The van der Waals surface area contributed by atoms with Crippen LogP contribution in [0.3, 0.4) is 0 Å². The van der Waals surface area contributed by atoms with Gasteiger partial charge < -0.3 is 9.57 Å². The number of carbonyl (C=O) groups is 1. The quantitative estimate of drug-likeness (QED) is 0.594. The third-order valence-corrected chi connectivity index (χ3v) is 1.32. The van der Waals surface area contributed by atoms with Crippen LogP contribution < -0.4 is 10.4 Å². The maximum Gasteiger partial charge on any atom is 0.346 e. The lowest BCUT2D eigenvalue weighted by atomic mass is 10.7. The smallest absolute Gasteiger partial charge is 0.346 e. The number of esters is 1. The minimum atomic E-state index is -0.517. The van der Waals surface area contributed by atoms with Crippen molar-refractivity contribution in [3.63, 3.8) is 0 Å². The fourth-order valence-corrected chi connectivity index (χ4v) is 0.768. The van der Waals surface area contributed by atoms with E-state index in [1.54, 1.807) is 6.92 Å². The van der Waals surface area contributed by atoms with Gasteiger partial charge in [-0.1, -0.05) is 0 Å². The molecule has 6 nitrogen and oxygen atoms in total. The number of ether oxygens (including phenoxy) is 1. The Hall–Kier alpha value is -1.85. The largest absolute Gasteiger partial charge is 0.463 e. The fraction of sp³-hybridized carbons (Fsp3) is 0.375. The number of rotatable bonds is 4. The molecule has 0 aromatic carbocycles. The molecule has 0 bridgehead atoms. The van der Waals surface area contributed by atoms with Crippen LogP contribution in [-0.2, 0) is 9.53 Å². The number of hydrogen-bond donors (Lipinski definition) is 0. The number of carbonyl (C=O) groups excluding carboxylic acids is 1. The molecule has 0 unspecified atom stereocenters. The number of nitrogens with zero attached hydrogens (tertiary/aromatic N) is 2. The van der Waals surface area contributed by atoms with Gasteiger partial charge in [0.15, 0.2) is 0 Å². The molecular formula is C8H10N2O4. The molecule has 0 spiro atoms. The van der Waals surface area contributed by atoms with Crippen LogP contribution in [-0.4, -0.2) is 28.9 Å². The average molecular weight is 198 g/mol. The van der Waals surface area contributed by atoms with Crippen LogP contribution in [0.2, 0.25) is 0 Å². The van der Waals surface area contributed by atoms with Gasteiger partial charge in [-0.15, -0.1) is 4.73 Å². The Bertz CT molecular complexity index is 360. The number of aromatic nitrogens is 2. The molecule has 0 saturated carbocycles. The highest BCUT2D eigenvalue weighted by Gasteiger charge is 2.02. The second kappa shape index (κ2) is 5.00. The van der Waals surface area contributed by atoms with Crippen LogP contribution in [0.4, 0.5) is 0 Å². The van der Waals surface area contributed by atoms with E-state index in [0.717, 1.165) is 10.9 Å². The maximum absolute atomic E-state index is 11.0. The van der Waals surface area contributed by atoms with Gasteiger partial charge in [-0.05, 0) is 6.92 Å². The highest BCUT2D eigenvalue weighted by Crippen LogP contribution is 1.78. The summed E-state index contributed by atoms with van der Waals surface area (Å²) in [6, 6.07) is 0. The van der Waals surface area contributed by atoms with Crippen molar-refractivity contribution in [1.82, 2.24) is 9.71 Å². The Kier molecular flexibility index (Phi) is 3.66. The van der Waals surface area contributed by atoms with E-state index in [1.165, 1.54) is 12.4 Å². The van der Waals surface area contributed by atoms with E-state index in [1.807, 2.05) is 0 Å². The van der Waals surface area contributed by atoms with Crippen LogP contribution in [0.15, 0.2) is 23.4 Å². The number of hydrogen-bond acceptors (Lipinski definition) is 5. The van der Waals surface area contributed by atoms with E-state index < -0.39 is 11.5 Å². The van der Waals surface area contributed by atoms with E-state index in [4.69, 9.17) is 4.84 Å². The van der Waals surface area contributed by atoms with Gasteiger partial charge >= 0.3 is 11.5 Å². The third-order valence-electron chi connectivity index (χ3n) is 1.32. The minimum absolute atomic E-state index is 0.285. The molecule has 0 N–H and O–H groups in total. The highest BCUT2D eigenvalue weighted by molar-refractivity contribution is 5.70. The zero-order valence-corrected chi connectivity index (χ0v) is 7.67. The predicted molar refractivity (Wildman–Crippen MR) is 46.6 cm³/mol. The van der Waals surface area contributed by atoms with Crippen molar-refractivity contribution >= 4 is 5.97 Å². The van der Waals surface area contributed by atoms with Crippen LogP contribution in [0.25, 0.3) is 0 Å². The van der Waals surface area contributed by atoms with Crippen molar-refractivity contribution < 1.29 is 14.4 Å². The minimum Gasteiger partial charge on any atom is -0.463 e. The molecule has 0 saturated heterocycles. The van der Waals surface area contributed by atoms with Crippen LogP contribution in [0.1, 0.15) is 6.92 Å². The van der Waals surface area contributed by atoms with Crippen LogP contribution in [0.5, 0.6) is 0 Å². The van der Waals surface area contributed by atoms with Gasteiger partial charge in [0, 0.05) is 6.20 Å². The molecule has 14 heavy (non-hydrogen) atoms. The molecule has 0 fully saturated rings. The molecule has 0 radical (unpaired) electrons. The van der Waals surface area contributed by atoms with E-state index in [0.29, 0.717) is 0 Å². The lowest BCUT2D eigenvalue weighted by molar-refractivity contribution is -0.148. The monoisotopic (exact) mass is 198 g/mol. The standard InChI is InChI=1S/C8H10N2O4/c1-2-13-8(12)6-14-10-4-3-9-5-7(10)11/h3-5H,2,6H2,1H3. The fourth-order valence-electron chi connectivity index (χ4n) is 0.768. The molecule has 6 heteroatoms. The third kappa shape index (κ3) is 2.89. The van der Waals surface area contributed by atoms with Gasteiger partial charge in [-0.3, -0.25) is 9.78 Å².